The molecule has 0 unspecified atom stereocenters. The number of aromatic nitrogens is 4. The van der Waals surface area contributed by atoms with Gasteiger partial charge in [0.15, 0.2) is 5.52 Å². The number of likely N-dealkylation sites (tertiary alicyclic amines) is 2. The Labute approximate surface area is 218 Å². The van der Waals surface area contributed by atoms with Gasteiger partial charge in [-0.25, -0.2) is 9.78 Å². The first-order chi connectivity index (χ1) is 17.4. The van der Waals surface area contributed by atoms with Crippen LogP contribution in [0.3, 0.4) is 0 Å². The molecule has 4 heterocycles. The number of H-pyrrole nitrogens is 1. The Balaban J connectivity index is 1.19. The summed E-state index contributed by atoms with van der Waals surface area (Å²) in [5, 5.41) is 17.8. The SMILES string of the molecule is O=C(O)N1CCC(CN2CCC(n3ncc4nc(NCc5ccc(Cl)c(Cl)c5)[nH]c(=O)c43)CC2)CC1. The fourth-order valence-electron chi connectivity index (χ4n) is 5.18. The smallest absolute Gasteiger partial charge is 0.407 e. The van der Waals surface area contributed by atoms with E-state index in [0.717, 1.165) is 50.9 Å². The largest absolute Gasteiger partial charge is 0.465 e. The Morgan fingerprint density at radius 2 is 1.86 bits per heavy atom. The molecule has 0 atom stereocenters. The van der Waals surface area contributed by atoms with Crippen LogP contribution < -0.4 is 10.9 Å². The maximum absolute atomic E-state index is 12.9. The highest BCUT2D eigenvalue weighted by Gasteiger charge is 2.28. The highest BCUT2D eigenvalue weighted by molar-refractivity contribution is 6.42. The van der Waals surface area contributed by atoms with Crippen LogP contribution in [0.2, 0.25) is 10.0 Å². The molecule has 2 fully saturated rings. The Morgan fingerprint density at radius 1 is 1.11 bits per heavy atom. The molecule has 2 aliphatic heterocycles. The number of hydrogen-bond acceptors (Lipinski definition) is 6. The highest BCUT2D eigenvalue weighted by Crippen LogP contribution is 2.27. The van der Waals surface area contributed by atoms with E-state index in [2.05, 4.69) is 25.3 Å². The molecular weight excluding hydrogens is 505 g/mol. The van der Waals surface area contributed by atoms with Crippen molar-refractivity contribution in [1.29, 1.82) is 0 Å². The van der Waals surface area contributed by atoms with E-state index in [0.29, 0.717) is 52.6 Å². The third kappa shape index (κ3) is 5.45. The molecule has 3 N–H and O–H groups in total. The summed E-state index contributed by atoms with van der Waals surface area (Å²) in [5.74, 6) is 0.909. The molecule has 2 aromatic heterocycles. The molecule has 1 amide bonds. The van der Waals surface area contributed by atoms with Gasteiger partial charge in [-0.3, -0.25) is 14.5 Å². The molecular formula is C24H29Cl2N7O3. The van der Waals surface area contributed by atoms with E-state index in [9.17, 15) is 9.59 Å². The zero-order valence-corrected chi connectivity index (χ0v) is 21.3. The predicted octanol–water partition coefficient (Wildman–Crippen LogP) is 4.07. The van der Waals surface area contributed by atoms with Crippen LogP contribution in [0, 0.1) is 5.92 Å². The number of carboxylic acid groups (broad SMARTS) is 1. The number of aromatic amines is 1. The van der Waals surface area contributed by atoms with Crippen LogP contribution in [0.5, 0.6) is 0 Å². The quantitative estimate of drug-likeness (QED) is 0.436. The number of fused-ring (bicyclic) bond motifs is 1. The van der Waals surface area contributed by atoms with Gasteiger partial charge in [0, 0.05) is 39.3 Å². The summed E-state index contributed by atoms with van der Waals surface area (Å²) in [6.45, 7) is 4.54. The molecule has 36 heavy (non-hydrogen) atoms. The van der Waals surface area contributed by atoms with Gasteiger partial charge in [-0.1, -0.05) is 29.3 Å². The minimum Gasteiger partial charge on any atom is -0.465 e. The van der Waals surface area contributed by atoms with Gasteiger partial charge in [-0.05, 0) is 49.3 Å². The van der Waals surface area contributed by atoms with Gasteiger partial charge in [-0.2, -0.15) is 5.10 Å². The van der Waals surface area contributed by atoms with Crippen molar-refractivity contribution in [2.45, 2.75) is 38.3 Å². The van der Waals surface area contributed by atoms with Crippen molar-refractivity contribution in [2.24, 2.45) is 5.92 Å². The number of benzene rings is 1. The zero-order valence-electron chi connectivity index (χ0n) is 19.8. The van der Waals surface area contributed by atoms with E-state index in [1.807, 2.05) is 10.7 Å². The van der Waals surface area contributed by atoms with E-state index in [4.69, 9.17) is 28.3 Å². The molecule has 0 spiro atoms. The van der Waals surface area contributed by atoms with Crippen LogP contribution in [0.25, 0.3) is 11.0 Å². The average molecular weight is 534 g/mol. The number of halogens is 2. The van der Waals surface area contributed by atoms with E-state index in [-0.39, 0.29) is 11.6 Å². The lowest BCUT2D eigenvalue weighted by molar-refractivity contribution is 0.103. The van der Waals surface area contributed by atoms with Crippen LogP contribution in [0.15, 0.2) is 29.2 Å². The second-order valence-electron chi connectivity index (χ2n) is 9.58. The normalized spacial score (nSPS) is 18.1. The molecule has 5 rings (SSSR count). The minimum atomic E-state index is -0.820. The van der Waals surface area contributed by atoms with E-state index in [1.54, 1.807) is 18.3 Å². The first-order valence-electron chi connectivity index (χ1n) is 12.2. The fraction of sp³-hybridized carbons (Fsp3) is 0.500. The molecule has 2 aliphatic rings. The molecule has 3 aromatic rings. The van der Waals surface area contributed by atoms with Gasteiger partial charge >= 0.3 is 6.09 Å². The lowest BCUT2D eigenvalue weighted by Crippen LogP contribution is -2.43. The third-order valence-electron chi connectivity index (χ3n) is 7.20. The summed E-state index contributed by atoms with van der Waals surface area (Å²) in [4.78, 5) is 35.4. The Morgan fingerprint density at radius 3 is 2.56 bits per heavy atom. The number of anilines is 1. The second-order valence-corrected chi connectivity index (χ2v) is 10.4. The van der Waals surface area contributed by atoms with Crippen molar-refractivity contribution in [1.82, 2.24) is 29.5 Å². The van der Waals surface area contributed by atoms with E-state index >= 15 is 0 Å². The van der Waals surface area contributed by atoms with Crippen molar-refractivity contribution >= 4 is 46.3 Å². The monoisotopic (exact) mass is 533 g/mol. The van der Waals surface area contributed by atoms with Crippen LogP contribution in [-0.2, 0) is 6.54 Å². The summed E-state index contributed by atoms with van der Waals surface area (Å²) in [6.07, 6.45) is 4.47. The number of hydrogen-bond donors (Lipinski definition) is 3. The standard InChI is InChI=1S/C24H29Cl2N7O3/c25-18-2-1-16(11-19(18)26)12-27-23-29-20-13-28-33(21(20)22(34)30-23)17-5-7-31(8-6-17)14-15-3-9-32(10-4-15)24(35)36/h1-2,11,13,15,17H,3-10,12,14H2,(H,35,36)(H2,27,29,30,34). The molecule has 1 aromatic carbocycles. The summed E-state index contributed by atoms with van der Waals surface area (Å²) in [6, 6.07) is 5.51. The molecule has 0 aliphatic carbocycles. The van der Waals surface area contributed by atoms with Crippen molar-refractivity contribution in [2.75, 3.05) is 38.0 Å². The summed E-state index contributed by atoms with van der Waals surface area (Å²) >= 11 is 12.1. The van der Waals surface area contributed by atoms with E-state index in [1.165, 1.54) is 4.90 Å². The van der Waals surface area contributed by atoms with Gasteiger partial charge in [0.25, 0.3) is 5.56 Å². The van der Waals surface area contributed by atoms with Gasteiger partial charge in [0.05, 0.1) is 22.3 Å². The summed E-state index contributed by atoms with van der Waals surface area (Å²) < 4.78 is 1.83. The fourth-order valence-corrected chi connectivity index (χ4v) is 5.51. The Kier molecular flexibility index (Phi) is 7.36. The lowest BCUT2D eigenvalue weighted by atomic mass is 9.95. The first-order valence-corrected chi connectivity index (χ1v) is 13.0. The molecule has 10 nitrogen and oxygen atoms in total. The third-order valence-corrected chi connectivity index (χ3v) is 7.94. The average Bonchev–Trinajstić information content (AvgIpc) is 3.30. The number of nitrogens with one attached hydrogen (secondary N) is 2. The van der Waals surface area contributed by atoms with Crippen molar-refractivity contribution in [3.63, 3.8) is 0 Å². The molecule has 0 saturated carbocycles. The lowest BCUT2D eigenvalue weighted by Gasteiger charge is -2.37. The highest BCUT2D eigenvalue weighted by atomic mass is 35.5. The maximum Gasteiger partial charge on any atom is 0.407 e. The number of piperidine rings is 2. The molecule has 0 radical (unpaired) electrons. The van der Waals surface area contributed by atoms with Crippen LogP contribution in [-0.4, -0.2) is 73.5 Å². The summed E-state index contributed by atoms with van der Waals surface area (Å²) in [7, 11) is 0. The zero-order chi connectivity index (χ0) is 25.2. The van der Waals surface area contributed by atoms with Gasteiger partial charge in [0.1, 0.15) is 5.52 Å². The van der Waals surface area contributed by atoms with Gasteiger partial charge in [-0.15, -0.1) is 0 Å². The number of carbonyl (C=O) groups is 1. The predicted molar refractivity (Wildman–Crippen MR) is 139 cm³/mol. The van der Waals surface area contributed by atoms with Gasteiger partial charge < -0.3 is 20.2 Å². The summed E-state index contributed by atoms with van der Waals surface area (Å²) in [5.41, 5.74) is 1.75. The van der Waals surface area contributed by atoms with Crippen LogP contribution in [0.1, 0.15) is 37.3 Å². The van der Waals surface area contributed by atoms with Crippen molar-refractivity contribution in [3.8, 4) is 0 Å². The molecule has 2 saturated heterocycles. The van der Waals surface area contributed by atoms with Gasteiger partial charge in [0.2, 0.25) is 5.95 Å². The maximum atomic E-state index is 12.9. The second kappa shape index (κ2) is 10.7. The number of amides is 1. The molecule has 12 heteroatoms. The van der Waals surface area contributed by atoms with Crippen LogP contribution >= 0.6 is 23.2 Å². The minimum absolute atomic E-state index is 0.144. The van der Waals surface area contributed by atoms with Crippen molar-refractivity contribution in [3.05, 3.63) is 50.4 Å². The Bertz CT molecular complexity index is 1290. The first kappa shape index (κ1) is 24.9. The van der Waals surface area contributed by atoms with E-state index < -0.39 is 6.09 Å². The van der Waals surface area contributed by atoms with Crippen LogP contribution in [0.4, 0.5) is 10.7 Å². The molecule has 192 valence electrons. The Hall–Kier alpha value is -2.82. The number of rotatable bonds is 6. The molecule has 0 bridgehead atoms. The van der Waals surface area contributed by atoms with Crippen molar-refractivity contribution < 1.29 is 9.90 Å². The topological polar surface area (TPSA) is 119 Å². The number of nitrogens with zero attached hydrogens (tertiary/aromatic N) is 5.